The molecule has 1 aromatic rings. The summed E-state index contributed by atoms with van der Waals surface area (Å²) in [4.78, 5) is 11.1. The Labute approximate surface area is 88.6 Å². The zero-order chi connectivity index (χ0) is 11.3. The molecule has 0 atom stereocenters. The van der Waals surface area contributed by atoms with Crippen LogP contribution in [-0.4, -0.2) is 17.3 Å². The van der Waals surface area contributed by atoms with Crippen molar-refractivity contribution in [1.29, 1.82) is 0 Å². The molecule has 0 aliphatic heterocycles. The number of oxime groups is 1. The minimum atomic E-state index is -0.446. The van der Waals surface area contributed by atoms with Gasteiger partial charge in [-0.15, -0.1) is 0 Å². The average molecular weight is 206 g/mol. The lowest BCUT2D eigenvalue weighted by Crippen LogP contribution is -2.12. The van der Waals surface area contributed by atoms with Crippen LogP contribution in [0.15, 0.2) is 29.4 Å². The largest absolute Gasteiger partial charge is 0.411 e. The Bertz CT molecular complexity index is 373. The molecule has 0 bridgehead atoms. The standard InChI is InChI=1S/C11H14N2O2/c1-8(2)9-4-3-5-10(6-9)13-11(14)7-12-15/h3-8,15H,1-2H3,(H,13,14)/b12-7-. The summed E-state index contributed by atoms with van der Waals surface area (Å²) in [5, 5.41) is 13.4. The van der Waals surface area contributed by atoms with Gasteiger partial charge in [0.15, 0.2) is 0 Å². The SMILES string of the molecule is CC(C)c1cccc(NC(=O)/C=N\O)c1. The van der Waals surface area contributed by atoms with Crippen LogP contribution in [0.1, 0.15) is 25.3 Å². The summed E-state index contributed by atoms with van der Waals surface area (Å²) >= 11 is 0. The molecule has 0 spiro atoms. The molecule has 1 aromatic carbocycles. The van der Waals surface area contributed by atoms with Crippen LogP contribution in [0.5, 0.6) is 0 Å². The molecular weight excluding hydrogens is 192 g/mol. The fourth-order valence-corrected chi connectivity index (χ4v) is 1.20. The van der Waals surface area contributed by atoms with Gasteiger partial charge in [-0.25, -0.2) is 0 Å². The molecule has 1 amide bonds. The van der Waals surface area contributed by atoms with E-state index in [2.05, 4.69) is 24.3 Å². The van der Waals surface area contributed by atoms with E-state index in [9.17, 15) is 4.79 Å². The first kappa shape index (κ1) is 11.2. The molecule has 4 heteroatoms. The number of hydrogen-bond acceptors (Lipinski definition) is 3. The average Bonchev–Trinajstić information content (AvgIpc) is 2.18. The van der Waals surface area contributed by atoms with E-state index in [0.717, 1.165) is 11.8 Å². The summed E-state index contributed by atoms with van der Waals surface area (Å²) in [7, 11) is 0. The number of carbonyl (C=O) groups is 1. The lowest BCUT2D eigenvalue weighted by molar-refractivity contribution is -0.110. The minimum Gasteiger partial charge on any atom is -0.411 e. The predicted octanol–water partition coefficient (Wildman–Crippen LogP) is 2.21. The maximum atomic E-state index is 11.1. The number of nitrogens with zero attached hydrogens (tertiary/aromatic N) is 1. The third-order valence-corrected chi connectivity index (χ3v) is 2.00. The van der Waals surface area contributed by atoms with Gasteiger partial charge >= 0.3 is 0 Å². The van der Waals surface area contributed by atoms with E-state index in [-0.39, 0.29) is 0 Å². The summed E-state index contributed by atoms with van der Waals surface area (Å²) in [5.41, 5.74) is 1.85. The Morgan fingerprint density at radius 2 is 2.27 bits per heavy atom. The first-order valence-electron chi connectivity index (χ1n) is 4.72. The zero-order valence-electron chi connectivity index (χ0n) is 8.77. The van der Waals surface area contributed by atoms with Gasteiger partial charge in [0.05, 0.1) is 0 Å². The first-order chi connectivity index (χ1) is 7.13. The molecule has 0 fully saturated rings. The second-order valence-electron chi connectivity index (χ2n) is 3.51. The Balaban J connectivity index is 2.78. The van der Waals surface area contributed by atoms with Gasteiger partial charge in [0.25, 0.3) is 5.91 Å². The number of anilines is 1. The van der Waals surface area contributed by atoms with Gasteiger partial charge in [-0.1, -0.05) is 31.1 Å². The van der Waals surface area contributed by atoms with E-state index in [4.69, 9.17) is 5.21 Å². The summed E-state index contributed by atoms with van der Waals surface area (Å²) in [5.74, 6) is -0.0354. The van der Waals surface area contributed by atoms with Crippen molar-refractivity contribution in [2.24, 2.45) is 5.16 Å². The molecule has 0 radical (unpaired) electrons. The molecular formula is C11H14N2O2. The topological polar surface area (TPSA) is 61.7 Å². The van der Waals surface area contributed by atoms with E-state index in [1.54, 1.807) is 6.07 Å². The molecule has 15 heavy (non-hydrogen) atoms. The summed E-state index contributed by atoms with van der Waals surface area (Å²) in [6.45, 7) is 4.16. The zero-order valence-corrected chi connectivity index (χ0v) is 8.77. The molecule has 0 saturated carbocycles. The number of amides is 1. The van der Waals surface area contributed by atoms with Crippen molar-refractivity contribution in [2.75, 3.05) is 5.32 Å². The van der Waals surface area contributed by atoms with Gasteiger partial charge < -0.3 is 10.5 Å². The maximum Gasteiger partial charge on any atom is 0.270 e. The van der Waals surface area contributed by atoms with E-state index in [1.807, 2.05) is 18.2 Å². The van der Waals surface area contributed by atoms with Gasteiger partial charge in [0.2, 0.25) is 0 Å². The first-order valence-corrected chi connectivity index (χ1v) is 4.72. The van der Waals surface area contributed by atoms with Crippen LogP contribution in [0, 0.1) is 0 Å². The van der Waals surface area contributed by atoms with E-state index in [1.165, 1.54) is 0 Å². The molecule has 1 rings (SSSR count). The van der Waals surface area contributed by atoms with Gasteiger partial charge in [0, 0.05) is 5.69 Å². The van der Waals surface area contributed by atoms with E-state index >= 15 is 0 Å². The van der Waals surface area contributed by atoms with Gasteiger partial charge in [-0.05, 0) is 23.6 Å². The molecule has 2 N–H and O–H groups in total. The number of nitrogens with one attached hydrogen (secondary N) is 1. The van der Waals surface area contributed by atoms with Gasteiger partial charge in [-0.3, -0.25) is 4.79 Å². The van der Waals surface area contributed by atoms with Crippen LogP contribution in [0.4, 0.5) is 5.69 Å². The fraction of sp³-hybridized carbons (Fsp3) is 0.273. The van der Waals surface area contributed by atoms with Crippen molar-refractivity contribution in [2.45, 2.75) is 19.8 Å². The number of carbonyl (C=O) groups excluding carboxylic acids is 1. The monoisotopic (exact) mass is 206 g/mol. The molecule has 80 valence electrons. The fourth-order valence-electron chi connectivity index (χ4n) is 1.20. The maximum absolute atomic E-state index is 11.1. The Morgan fingerprint density at radius 3 is 2.87 bits per heavy atom. The molecule has 0 heterocycles. The summed E-state index contributed by atoms with van der Waals surface area (Å²) < 4.78 is 0. The highest BCUT2D eigenvalue weighted by Gasteiger charge is 2.02. The highest BCUT2D eigenvalue weighted by molar-refractivity contribution is 6.31. The van der Waals surface area contributed by atoms with Gasteiger partial charge in [-0.2, -0.15) is 0 Å². The number of benzene rings is 1. The molecule has 0 aromatic heterocycles. The van der Waals surface area contributed by atoms with Crippen molar-refractivity contribution in [3.05, 3.63) is 29.8 Å². The number of hydrogen-bond donors (Lipinski definition) is 2. The van der Waals surface area contributed by atoms with Crippen molar-refractivity contribution >= 4 is 17.8 Å². The van der Waals surface area contributed by atoms with Crippen molar-refractivity contribution in [3.8, 4) is 0 Å². The number of rotatable bonds is 3. The summed E-state index contributed by atoms with van der Waals surface area (Å²) in [6, 6.07) is 7.56. The van der Waals surface area contributed by atoms with Crippen molar-refractivity contribution < 1.29 is 10.0 Å². The molecule has 4 nitrogen and oxygen atoms in total. The molecule has 0 unspecified atom stereocenters. The van der Waals surface area contributed by atoms with E-state index in [0.29, 0.717) is 11.6 Å². The Kier molecular flexibility index (Phi) is 3.85. The normalized spacial score (nSPS) is 10.9. The Morgan fingerprint density at radius 1 is 1.53 bits per heavy atom. The van der Waals surface area contributed by atoms with Crippen LogP contribution in [-0.2, 0) is 4.79 Å². The van der Waals surface area contributed by atoms with Crippen LogP contribution >= 0.6 is 0 Å². The quantitative estimate of drug-likeness (QED) is 0.452. The second kappa shape index (κ2) is 5.14. The summed E-state index contributed by atoms with van der Waals surface area (Å²) in [6.07, 6.45) is 0.821. The highest BCUT2D eigenvalue weighted by Crippen LogP contribution is 2.18. The minimum absolute atomic E-state index is 0.411. The smallest absolute Gasteiger partial charge is 0.270 e. The molecule has 0 aliphatic rings. The molecule has 0 saturated heterocycles. The van der Waals surface area contributed by atoms with Gasteiger partial charge in [0.1, 0.15) is 6.21 Å². The van der Waals surface area contributed by atoms with Crippen molar-refractivity contribution in [3.63, 3.8) is 0 Å². The second-order valence-corrected chi connectivity index (χ2v) is 3.51. The highest BCUT2D eigenvalue weighted by atomic mass is 16.4. The lowest BCUT2D eigenvalue weighted by Gasteiger charge is -2.07. The Hall–Kier alpha value is -1.84. The third kappa shape index (κ3) is 3.42. The van der Waals surface area contributed by atoms with Crippen LogP contribution in [0.2, 0.25) is 0 Å². The van der Waals surface area contributed by atoms with Crippen LogP contribution < -0.4 is 5.32 Å². The molecule has 0 aliphatic carbocycles. The predicted molar refractivity (Wildman–Crippen MR) is 59.4 cm³/mol. The third-order valence-electron chi connectivity index (χ3n) is 2.00. The van der Waals surface area contributed by atoms with Crippen LogP contribution in [0.3, 0.4) is 0 Å². The van der Waals surface area contributed by atoms with E-state index < -0.39 is 5.91 Å². The van der Waals surface area contributed by atoms with Crippen LogP contribution in [0.25, 0.3) is 0 Å². The van der Waals surface area contributed by atoms with Crippen molar-refractivity contribution in [1.82, 2.24) is 0 Å². The lowest BCUT2D eigenvalue weighted by atomic mass is 10.0.